The third-order valence-electron chi connectivity index (χ3n) is 3.20. The highest BCUT2D eigenvalue weighted by Gasteiger charge is 2.32. The lowest BCUT2D eigenvalue weighted by atomic mass is 10.0. The molecule has 0 radical (unpaired) electrons. The summed E-state index contributed by atoms with van der Waals surface area (Å²) >= 11 is 0. The molecule has 19 heavy (non-hydrogen) atoms. The lowest BCUT2D eigenvalue weighted by molar-refractivity contribution is 0.126. The molecular formula is C16H25NO2. The van der Waals surface area contributed by atoms with E-state index in [0.29, 0.717) is 6.04 Å². The van der Waals surface area contributed by atoms with Crippen LogP contribution in [0.2, 0.25) is 0 Å². The van der Waals surface area contributed by atoms with E-state index in [2.05, 4.69) is 46.0 Å². The van der Waals surface area contributed by atoms with Gasteiger partial charge in [-0.05, 0) is 26.8 Å². The molecule has 1 aliphatic rings. The van der Waals surface area contributed by atoms with Crippen LogP contribution in [-0.4, -0.2) is 24.3 Å². The van der Waals surface area contributed by atoms with Crippen LogP contribution in [0.15, 0.2) is 18.2 Å². The van der Waals surface area contributed by atoms with Gasteiger partial charge in [-0.2, -0.15) is 0 Å². The van der Waals surface area contributed by atoms with Crippen molar-refractivity contribution in [2.24, 2.45) is 0 Å². The highest BCUT2D eigenvalue weighted by Crippen LogP contribution is 2.41. The number of benzene rings is 1. The zero-order valence-electron chi connectivity index (χ0n) is 12.6. The maximum absolute atomic E-state index is 6.01. The summed E-state index contributed by atoms with van der Waals surface area (Å²) in [4.78, 5) is 0. The summed E-state index contributed by atoms with van der Waals surface area (Å²) in [6, 6.07) is 6.63. The van der Waals surface area contributed by atoms with Crippen molar-refractivity contribution in [2.75, 3.05) is 6.54 Å². The molecule has 1 aliphatic heterocycles. The minimum absolute atomic E-state index is 0.124. The van der Waals surface area contributed by atoms with Crippen molar-refractivity contribution in [1.29, 1.82) is 0 Å². The Balaban J connectivity index is 2.05. The van der Waals surface area contributed by atoms with E-state index in [9.17, 15) is 0 Å². The molecule has 0 amide bonds. The van der Waals surface area contributed by atoms with Crippen molar-refractivity contribution >= 4 is 0 Å². The molecule has 0 saturated heterocycles. The lowest BCUT2D eigenvalue weighted by Crippen LogP contribution is -2.33. The number of ether oxygens (including phenoxy) is 2. The van der Waals surface area contributed by atoms with E-state index < -0.39 is 0 Å². The summed E-state index contributed by atoms with van der Waals surface area (Å²) in [5.74, 6) is 1.78. The number of fused-ring (bicyclic) bond motifs is 1. The Kier molecular flexibility index (Phi) is 4.04. The molecule has 1 N–H and O–H groups in total. The minimum atomic E-state index is -0.124. The van der Waals surface area contributed by atoms with E-state index in [-0.39, 0.29) is 11.7 Å². The second kappa shape index (κ2) is 5.41. The van der Waals surface area contributed by atoms with Gasteiger partial charge in [0.25, 0.3) is 0 Å². The van der Waals surface area contributed by atoms with Gasteiger partial charge in [0, 0.05) is 24.6 Å². The van der Waals surface area contributed by atoms with Crippen molar-refractivity contribution in [3.8, 4) is 11.5 Å². The van der Waals surface area contributed by atoms with Gasteiger partial charge in [0.05, 0.1) is 0 Å². The van der Waals surface area contributed by atoms with Gasteiger partial charge in [-0.1, -0.05) is 26.0 Å². The monoisotopic (exact) mass is 263 g/mol. The molecule has 1 aromatic carbocycles. The third-order valence-corrected chi connectivity index (χ3v) is 3.20. The van der Waals surface area contributed by atoms with Crippen LogP contribution in [0.3, 0.4) is 0 Å². The van der Waals surface area contributed by atoms with Gasteiger partial charge >= 0.3 is 0 Å². The molecule has 1 unspecified atom stereocenters. The molecule has 106 valence electrons. The predicted molar refractivity (Wildman–Crippen MR) is 78.1 cm³/mol. The van der Waals surface area contributed by atoms with E-state index in [1.54, 1.807) is 0 Å². The fourth-order valence-corrected chi connectivity index (χ4v) is 2.34. The minimum Gasteiger partial charge on any atom is -0.485 e. The molecule has 0 saturated carbocycles. The molecule has 3 nitrogen and oxygen atoms in total. The fraction of sp³-hybridized carbons (Fsp3) is 0.625. The average Bonchev–Trinajstić information content (AvgIpc) is 2.62. The van der Waals surface area contributed by atoms with E-state index >= 15 is 0 Å². The predicted octanol–water partition coefficient (Wildman–Crippen LogP) is 3.17. The number of nitrogens with one attached hydrogen (secondary N) is 1. The normalized spacial score (nSPS) is 18.0. The standard InChI is InChI=1S/C16H25NO2/c1-11(2)17-10-12(3)18-14-8-6-7-13-9-16(4,5)19-15(13)14/h6-8,11-12,17H,9-10H2,1-5H3. The Bertz CT molecular complexity index is 440. The van der Waals surface area contributed by atoms with Crippen LogP contribution in [0.5, 0.6) is 11.5 Å². The molecule has 3 heteroatoms. The van der Waals surface area contributed by atoms with Gasteiger partial charge in [0.15, 0.2) is 11.5 Å². The Labute approximate surface area is 116 Å². The average molecular weight is 263 g/mol. The van der Waals surface area contributed by atoms with E-state index in [1.807, 2.05) is 12.1 Å². The van der Waals surface area contributed by atoms with Crippen LogP contribution < -0.4 is 14.8 Å². The Morgan fingerprint density at radius 3 is 2.74 bits per heavy atom. The van der Waals surface area contributed by atoms with Crippen molar-refractivity contribution in [3.63, 3.8) is 0 Å². The van der Waals surface area contributed by atoms with Crippen molar-refractivity contribution in [1.82, 2.24) is 5.32 Å². The smallest absolute Gasteiger partial charge is 0.165 e. The molecule has 0 aliphatic carbocycles. The van der Waals surface area contributed by atoms with Crippen LogP contribution >= 0.6 is 0 Å². The van der Waals surface area contributed by atoms with Crippen LogP contribution in [0.1, 0.15) is 40.2 Å². The highest BCUT2D eigenvalue weighted by atomic mass is 16.5. The van der Waals surface area contributed by atoms with E-state index in [4.69, 9.17) is 9.47 Å². The van der Waals surface area contributed by atoms with Gasteiger partial charge < -0.3 is 14.8 Å². The molecule has 1 heterocycles. The van der Waals surface area contributed by atoms with Gasteiger partial charge in [0.1, 0.15) is 11.7 Å². The molecule has 0 bridgehead atoms. The largest absolute Gasteiger partial charge is 0.485 e. The van der Waals surface area contributed by atoms with Crippen molar-refractivity contribution in [3.05, 3.63) is 23.8 Å². The molecule has 1 aromatic rings. The molecule has 0 fully saturated rings. The van der Waals surface area contributed by atoms with Gasteiger partial charge in [0.2, 0.25) is 0 Å². The van der Waals surface area contributed by atoms with Crippen LogP contribution in [0.4, 0.5) is 0 Å². The topological polar surface area (TPSA) is 30.5 Å². The number of para-hydroxylation sites is 1. The highest BCUT2D eigenvalue weighted by molar-refractivity contribution is 5.50. The summed E-state index contributed by atoms with van der Waals surface area (Å²) in [5, 5.41) is 3.38. The maximum Gasteiger partial charge on any atom is 0.165 e. The Hall–Kier alpha value is -1.22. The van der Waals surface area contributed by atoms with Crippen LogP contribution in [0.25, 0.3) is 0 Å². The van der Waals surface area contributed by atoms with Crippen LogP contribution in [-0.2, 0) is 6.42 Å². The first-order chi connectivity index (χ1) is 8.87. The molecule has 0 spiro atoms. The summed E-state index contributed by atoms with van der Waals surface area (Å²) in [5.41, 5.74) is 1.12. The molecule has 2 rings (SSSR count). The lowest BCUT2D eigenvalue weighted by Gasteiger charge is -2.21. The van der Waals surface area contributed by atoms with E-state index in [1.165, 1.54) is 5.56 Å². The van der Waals surface area contributed by atoms with Crippen molar-refractivity contribution < 1.29 is 9.47 Å². The quantitative estimate of drug-likeness (QED) is 0.885. The maximum atomic E-state index is 6.01. The first-order valence-corrected chi connectivity index (χ1v) is 7.08. The Morgan fingerprint density at radius 2 is 2.05 bits per heavy atom. The summed E-state index contributed by atoms with van der Waals surface area (Å²) in [6.07, 6.45) is 1.07. The molecule has 0 aromatic heterocycles. The van der Waals surface area contributed by atoms with Crippen molar-refractivity contribution in [2.45, 2.75) is 58.8 Å². The Morgan fingerprint density at radius 1 is 1.32 bits per heavy atom. The fourth-order valence-electron chi connectivity index (χ4n) is 2.34. The molecule has 1 atom stereocenters. The zero-order valence-corrected chi connectivity index (χ0v) is 12.6. The first-order valence-electron chi connectivity index (χ1n) is 7.08. The summed E-state index contributed by atoms with van der Waals surface area (Å²) in [6.45, 7) is 11.4. The SMILES string of the molecule is CC(C)NCC(C)Oc1cccc2c1OC(C)(C)C2. The second-order valence-electron chi connectivity index (χ2n) is 6.27. The first kappa shape index (κ1) is 14.2. The second-order valence-corrected chi connectivity index (χ2v) is 6.27. The summed E-state index contributed by atoms with van der Waals surface area (Å²) < 4.78 is 12.0. The van der Waals surface area contributed by atoms with Crippen LogP contribution in [0, 0.1) is 0 Å². The number of hydrogen-bond acceptors (Lipinski definition) is 3. The number of rotatable bonds is 5. The molecular weight excluding hydrogens is 238 g/mol. The zero-order chi connectivity index (χ0) is 14.0. The summed E-state index contributed by atoms with van der Waals surface area (Å²) in [7, 11) is 0. The number of hydrogen-bond donors (Lipinski definition) is 1. The van der Waals surface area contributed by atoms with Gasteiger partial charge in [-0.25, -0.2) is 0 Å². The van der Waals surface area contributed by atoms with Gasteiger partial charge in [-0.3, -0.25) is 0 Å². The van der Waals surface area contributed by atoms with E-state index in [0.717, 1.165) is 24.5 Å². The third kappa shape index (κ3) is 3.63. The van der Waals surface area contributed by atoms with Gasteiger partial charge in [-0.15, -0.1) is 0 Å².